The number of nitrogens with zero attached hydrogens (tertiary/aromatic N) is 1. The Morgan fingerprint density at radius 3 is 2.71 bits per heavy atom. The predicted octanol–water partition coefficient (Wildman–Crippen LogP) is 3.26. The lowest BCUT2D eigenvalue weighted by atomic mass is 10.2. The second-order valence-corrected chi connectivity index (χ2v) is 3.78. The number of aromatic nitrogens is 1. The Kier molecular flexibility index (Phi) is 2.08. The number of aryl methyl sites for hydroxylation is 1. The molecule has 0 saturated heterocycles. The molecule has 0 atom stereocenters. The molecular weight excluding hydrogens is 198 g/mol. The van der Waals surface area contributed by atoms with Gasteiger partial charge in [-0.2, -0.15) is 0 Å². The lowest BCUT2D eigenvalue weighted by molar-refractivity contribution is 0.0940. The van der Waals surface area contributed by atoms with E-state index in [1.807, 2.05) is 31.2 Å². The molecule has 0 amide bonds. The summed E-state index contributed by atoms with van der Waals surface area (Å²) < 4.78 is 1.67. The quantitative estimate of drug-likeness (QED) is 0.650. The van der Waals surface area contributed by atoms with Gasteiger partial charge in [0.15, 0.2) is 0 Å². The van der Waals surface area contributed by atoms with Crippen LogP contribution in [0.2, 0.25) is 5.02 Å². The summed E-state index contributed by atoms with van der Waals surface area (Å²) in [7, 11) is 0. The second kappa shape index (κ2) is 3.14. The average Bonchev–Trinajstić information content (AvgIpc) is 2.40. The van der Waals surface area contributed by atoms with Crippen molar-refractivity contribution in [2.75, 3.05) is 0 Å². The number of hydrogen-bond donors (Lipinski definition) is 0. The lowest BCUT2D eigenvalue weighted by Gasteiger charge is -2.01. The molecule has 0 saturated carbocycles. The van der Waals surface area contributed by atoms with Gasteiger partial charge in [-0.25, -0.2) is 0 Å². The molecule has 1 aromatic carbocycles. The van der Waals surface area contributed by atoms with Crippen LogP contribution in [0.25, 0.3) is 10.9 Å². The fraction of sp³-hybridized carbons (Fsp3) is 0.182. The molecule has 1 aromatic heterocycles. The summed E-state index contributed by atoms with van der Waals surface area (Å²) >= 11 is 5.88. The Labute approximate surface area is 87.1 Å². The van der Waals surface area contributed by atoms with Gasteiger partial charge in [0.1, 0.15) is 0 Å². The number of halogens is 1. The van der Waals surface area contributed by atoms with E-state index in [0.717, 1.165) is 16.6 Å². The first-order valence-corrected chi connectivity index (χ1v) is 4.76. The van der Waals surface area contributed by atoms with E-state index < -0.39 is 0 Å². The topological polar surface area (TPSA) is 22.0 Å². The third-order valence-electron chi connectivity index (χ3n) is 2.27. The van der Waals surface area contributed by atoms with Crippen molar-refractivity contribution < 1.29 is 4.79 Å². The van der Waals surface area contributed by atoms with Crippen LogP contribution >= 0.6 is 11.6 Å². The van der Waals surface area contributed by atoms with Gasteiger partial charge in [0.05, 0.1) is 5.52 Å². The zero-order valence-corrected chi connectivity index (χ0v) is 8.80. The van der Waals surface area contributed by atoms with Gasteiger partial charge in [-0.05, 0) is 25.1 Å². The molecule has 0 radical (unpaired) electrons. The highest BCUT2D eigenvalue weighted by Gasteiger charge is 2.08. The molecule has 14 heavy (non-hydrogen) atoms. The SMILES string of the molecule is CC(=O)n1c(C)cc2ccc(Cl)cc21. The number of fused-ring (bicyclic) bond motifs is 1. The van der Waals surface area contributed by atoms with Crippen molar-refractivity contribution in [1.82, 2.24) is 4.57 Å². The van der Waals surface area contributed by atoms with E-state index in [4.69, 9.17) is 11.6 Å². The number of rotatable bonds is 0. The van der Waals surface area contributed by atoms with E-state index in [0.29, 0.717) is 5.02 Å². The van der Waals surface area contributed by atoms with Crippen molar-refractivity contribution in [2.24, 2.45) is 0 Å². The molecule has 0 N–H and O–H groups in total. The van der Waals surface area contributed by atoms with Gasteiger partial charge in [0, 0.05) is 23.0 Å². The highest BCUT2D eigenvalue weighted by Crippen LogP contribution is 2.22. The van der Waals surface area contributed by atoms with Crippen molar-refractivity contribution in [2.45, 2.75) is 13.8 Å². The zero-order chi connectivity index (χ0) is 10.3. The summed E-state index contributed by atoms with van der Waals surface area (Å²) in [5.74, 6) is 0.0137. The molecule has 0 aliphatic carbocycles. The number of benzene rings is 1. The minimum Gasteiger partial charge on any atom is -0.285 e. The number of carbonyl (C=O) groups is 1. The van der Waals surface area contributed by atoms with Crippen LogP contribution in [0.15, 0.2) is 24.3 Å². The zero-order valence-electron chi connectivity index (χ0n) is 8.04. The Morgan fingerprint density at radius 2 is 2.07 bits per heavy atom. The first-order chi connectivity index (χ1) is 6.59. The maximum Gasteiger partial charge on any atom is 0.228 e. The van der Waals surface area contributed by atoms with Crippen LogP contribution in [-0.4, -0.2) is 10.5 Å². The molecule has 0 fully saturated rings. The summed E-state index contributed by atoms with van der Waals surface area (Å²) in [6.45, 7) is 3.46. The lowest BCUT2D eigenvalue weighted by Crippen LogP contribution is -2.06. The van der Waals surface area contributed by atoms with E-state index >= 15 is 0 Å². The summed E-state index contributed by atoms with van der Waals surface area (Å²) in [6.07, 6.45) is 0. The van der Waals surface area contributed by atoms with E-state index in [2.05, 4.69) is 0 Å². The summed E-state index contributed by atoms with van der Waals surface area (Å²) in [5.41, 5.74) is 1.82. The van der Waals surface area contributed by atoms with Crippen LogP contribution in [0, 0.1) is 6.92 Å². The predicted molar refractivity (Wildman–Crippen MR) is 58.0 cm³/mol. The Balaban J connectivity index is 2.86. The van der Waals surface area contributed by atoms with Crippen molar-refractivity contribution >= 4 is 28.4 Å². The molecule has 0 bridgehead atoms. The number of carbonyl (C=O) groups excluding carboxylic acids is 1. The van der Waals surface area contributed by atoms with Crippen LogP contribution in [0.1, 0.15) is 17.4 Å². The molecule has 1 heterocycles. The van der Waals surface area contributed by atoms with Gasteiger partial charge < -0.3 is 0 Å². The van der Waals surface area contributed by atoms with E-state index in [1.165, 1.54) is 0 Å². The molecule has 3 heteroatoms. The maximum atomic E-state index is 11.4. The van der Waals surface area contributed by atoms with Crippen molar-refractivity contribution in [1.29, 1.82) is 0 Å². The maximum absolute atomic E-state index is 11.4. The minimum atomic E-state index is 0.0137. The highest BCUT2D eigenvalue weighted by molar-refractivity contribution is 6.31. The molecule has 0 spiro atoms. The van der Waals surface area contributed by atoms with Crippen molar-refractivity contribution in [3.63, 3.8) is 0 Å². The standard InChI is InChI=1S/C11H10ClNO/c1-7-5-9-3-4-10(12)6-11(9)13(7)8(2)14/h3-6H,1-2H3. The molecule has 2 nitrogen and oxygen atoms in total. The monoisotopic (exact) mass is 207 g/mol. The Hall–Kier alpha value is -1.28. The van der Waals surface area contributed by atoms with Gasteiger partial charge in [-0.1, -0.05) is 17.7 Å². The molecule has 0 aliphatic heterocycles. The molecule has 0 unspecified atom stereocenters. The third kappa shape index (κ3) is 1.32. The summed E-state index contributed by atoms with van der Waals surface area (Å²) in [5, 5.41) is 1.69. The van der Waals surface area contributed by atoms with E-state index in [1.54, 1.807) is 11.5 Å². The third-order valence-corrected chi connectivity index (χ3v) is 2.50. The molecule has 2 rings (SSSR count). The molecule has 72 valence electrons. The fourth-order valence-electron chi connectivity index (χ4n) is 1.73. The van der Waals surface area contributed by atoms with Crippen molar-refractivity contribution in [3.05, 3.63) is 35.0 Å². The largest absolute Gasteiger partial charge is 0.285 e. The van der Waals surface area contributed by atoms with Gasteiger partial charge >= 0.3 is 0 Å². The van der Waals surface area contributed by atoms with Gasteiger partial charge in [0.25, 0.3) is 0 Å². The first kappa shape index (κ1) is 9.28. The Morgan fingerprint density at radius 1 is 1.36 bits per heavy atom. The van der Waals surface area contributed by atoms with E-state index in [-0.39, 0.29) is 5.91 Å². The minimum absolute atomic E-state index is 0.0137. The Bertz CT molecular complexity index is 513. The van der Waals surface area contributed by atoms with Crippen LogP contribution < -0.4 is 0 Å². The highest BCUT2D eigenvalue weighted by atomic mass is 35.5. The average molecular weight is 208 g/mol. The van der Waals surface area contributed by atoms with Crippen LogP contribution in [0.4, 0.5) is 0 Å². The smallest absolute Gasteiger partial charge is 0.228 e. The van der Waals surface area contributed by atoms with Gasteiger partial charge in [0.2, 0.25) is 5.91 Å². The van der Waals surface area contributed by atoms with Gasteiger partial charge in [-0.15, -0.1) is 0 Å². The molecule has 2 aromatic rings. The molecular formula is C11H10ClNO. The summed E-state index contributed by atoms with van der Waals surface area (Å²) in [6, 6.07) is 7.54. The van der Waals surface area contributed by atoms with Crippen molar-refractivity contribution in [3.8, 4) is 0 Å². The summed E-state index contributed by atoms with van der Waals surface area (Å²) in [4.78, 5) is 11.4. The van der Waals surface area contributed by atoms with Gasteiger partial charge in [-0.3, -0.25) is 9.36 Å². The van der Waals surface area contributed by atoms with Crippen LogP contribution in [0.3, 0.4) is 0 Å². The van der Waals surface area contributed by atoms with Crippen LogP contribution in [-0.2, 0) is 0 Å². The number of hydrogen-bond acceptors (Lipinski definition) is 1. The van der Waals surface area contributed by atoms with Crippen LogP contribution in [0.5, 0.6) is 0 Å². The fourth-order valence-corrected chi connectivity index (χ4v) is 1.90. The molecule has 0 aliphatic rings. The second-order valence-electron chi connectivity index (χ2n) is 3.34. The van der Waals surface area contributed by atoms with E-state index in [9.17, 15) is 4.79 Å². The first-order valence-electron chi connectivity index (χ1n) is 4.38. The normalized spacial score (nSPS) is 10.8.